The first-order valence-electron chi connectivity index (χ1n) is 11.5. The summed E-state index contributed by atoms with van der Waals surface area (Å²) in [5.74, 6) is 2.78. The Labute approximate surface area is 182 Å². The lowest BCUT2D eigenvalue weighted by Crippen LogP contribution is -2.47. The highest BCUT2D eigenvalue weighted by molar-refractivity contribution is 5.59. The van der Waals surface area contributed by atoms with Gasteiger partial charge >= 0.3 is 0 Å². The van der Waals surface area contributed by atoms with Crippen LogP contribution in [-0.2, 0) is 6.54 Å². The van der Waals surface area contributed by atoms with Crippen LogP contribution in [0.25, 0.3) is 0 Å². The molecular weight excluding hydrogens is 390 g/mol. The first kappa shape index (κ1) is 18.9. The minimum absolute atomic E-state index is 0.215. The number of hydrogen-bond acceptors (Lipinski definition) is 6. The number of aromatic hydroxyl groups is 2. The molecule has 1 fully saturated rings. The van der Waals surface area contributed by atoms with Gasteiger partial charge in [0.25, 0.3) is 0 Å². The molecule has 7 heteroatoms. The number of rotatable bonds is 6. The van der Waals surface area contributed by atoms with Crippen molar-refractivity contribution in [2.45, 2.75) is 31.2 Å². The highest BCUT2D eigenvalue weighted by atomic mass is 16.3. The summed E-state index contributed by atoms with van der Waals surface area (Å²) in [6.07, 6.45) is 14.5. The van der Waals surface area contributed by atoms with Crippen molar-refractivity contribution in [3.8, 4) is 11.8 Å². The van der Waals surface area contributed by atoms with Crippen LogP contribution in [0.2, 0.25) is 0 Å². The Morgan fingerprint density at radius 3 is 1.94 bits per heavy atom. The SMILES string of the molecule is Oc1c2c(c(O)n1CCCCN1CCN(c3ncccn3)CC1)C1C=CC2C2C=CC12. The van der Waals surface area contributed by atoms with Crippen LogP contribution < -0.4 is 4.90 Å². The molecule has 0 aromatic carbocycles. The van der Waals surface area contributed by atoms with Crippen molar-refractivity contribution in [3.63, 3.8) is 0 Å². The van der Waals surface area contributed by atoms with Gasteiger partial charge in [0.2, 0.25) is 5.95 Å². The molecule has 4 unspecified atom stereocenters. The Bertz CT molecular complexity index is 977. The molecule has 2 N–H and O–H groups in total. The van der Waals surface area contributed by atoms with E-state index in [0.29, 0.717) is 18.4 Å². The van der Waals surface area contributed by atoms with E-state index in [-0.39, 0.29) is 23.6 Å². The van der Waals surface area contributed by atoms with Crippen LogP contribution in [0, 0.1) is 11.8 Å². The van der Waals surface area contributed by atoms with Crippen LogP contribution in [0.15, 0.2) is 42.8 Å². The van der Waals surface area contributed by atoms with E-state index >= 15 is 0 Å². The van der Waals surface area contributed by atoms with Gasteiger partial charge in [0.15, 0.2) is 11.8 Å². The zero-order valence-electron chi connectivity index (χ0n) is 17.6. The van der Waals surface area contributed by atoms with E-state index in [1.807, 2.05) is 6.07 Å². The van der Waals surface area contributed by atoms with Crippen molar-refractivity contribution in [3.05, 3.63) is 53.9 Å². The van der Waals surface area contributed by atoms with Crippen LogP contribution in [0.1, 0.15) is 35.8 Å². The lowest BCUT2D eigenvalue weighted by molar-refractivity contribution is 0.248. The fourth-order valence-electron chi connectivity index (χ4n) is 5.89. The van der Waals surface area contributed by atoms with Crippen molar-refractivity contribution >= 4 is 5.95 Å². The van der Waals surface area contributed by atoms with Crippen LogP contribution >= 0.6 is 0 Å². The van der Waals surface area contributed by atoms with Crippen LogP contribution in [0.3, 0.4) is 0 Å². The number of hydrogen-bond donors (Lipinski definition) is 2. The summed E-state index contributed by atoms with van der Waals surface area (Å²) in [7, 11) is 0. The first-order chi connectivity index (χ1) is 15.2. The molecule has 31 heavy (non-hydrogen) atoms. The number of unbranched alkanes of at least 4 members (excludes halogenated alkanes) is 1. The maximum absolute atomic E-state index is 10.9. The quantitative estimate of drug-likeness (QED) is 0.554. The standard InChI is InChI=1S/C24H29N5O2/c30-22-20-18-6-7-19(17-5-4-16(17)18)21(20)23(31)29(22)11-2-1-10-27-12-14-28(15-13-27)24-25-8-3-9-26-24/h3-9,16-19,30-31H,1-2,10-15H2. The Balaban J connectivity index is 1.03. The summed E-state index contributed by atoms with van der Waals surface area (Å²) in [4.78, 5) is 13.4. The average Bonchev–Trinajstić information content (AvgIpc) is 3.04. The molecule has 0 saturated carbocycles. The molecule has 0 spiro atoms. The van der Waals surface area contributed by atoms with E-state index in [1.54, 1.807) is 17.0 Å². The molecular formula is C24H29N5O2. The molecule has 4 aliphatic carbocycles. The van der Waals surface area contributed by atoms with Gasteiger partial charge < -0.3 is 15.1 Å². The third-order valence-corrected chi connectivity index (χ3v) is 7.62. The fourth-order valence-corrected chi connectivity index (χ4v) is 5.89. The van der Waals surface area contributed by atoms with Gasteiger partial charge in [0, 0.05) is 68.1 Å². The molecule has 7 nitrogen and oxygen atoms in total. The van der Waals surface area contributed by atoms with Crippen molar-refractivity contribution in [2.24, 2.45) is 11.8 Å². The van der Waals surface area contributed by atoms with E-state index in [1.165, 1.54) is 0 Å². The van der Waals surface area contributed by atoms with Crippen LogP contribution in [-0.4, -0.2) is 62.4 Å². The summed E-state index contributed by atoms with van der Waals surface area (Å²) in [5, 5.41) is 21.8. The number of piperazine rings is 1. The normalized spacial score (nSPS) is 28.5. The van der Waals surface area contributed by atoms with E-state index < -0.39 is 0 Å². The van der Waals surface area contributed by atoms with Crippen molar-refractivity contribution in [2.75, 3.05) is 37.6 Å². The van der Waals surface area contributed by atoms with Crippen LogP contribution in [0.4, 0.5) is 5.95 Å². The summed E-state index contributed by atoms with van der Waals surface area (Å²) in [6, 6.07) is 1.85. The molecule has 4 atom stereocenters. The van der Waals surface area contributed by atoms with Crippen molar-refractivity contribution in [1.29, 1.82) is 0 Å². The second-order valence-electron chi connectivity index (χ2n) is 9.19. The molecule has 3 heterocycles. The monoisotopic (exact) mass is 419 g/mol. The van der Waals surface area contributed by atoms with Gasteiger partial charge in [-0.15, -0.1) is 0 Å². The van der Waals surface area contributed by atoms with Gasteiger partial charge in [0.05, 0.1) is 0 Å². The minimum Gasteiger partial charge on any atom is -0.494 e. The zero-order chi connectivity index (χ0) is 20.9. The lowest BCUT2D eigenvalue weighted by atomic mass is 9.56. The third-order valence-electron chi connectivity index (χ3n) is 7.62. The Hall–Kier alpha value is -2.80. The molecule has 7 rings (SSSR count). The first-order valence-corrected chi connectivity index (χ1v) is 11.5. The molecule has 0 amide bonds. The Morgan fingerprint density at radius 2 is 1.35 bits per heavy atom. The minimum atomic E-state index is 0.215. The average molecular weight is 420 g/mol. The molecule has 1 aliphatic heterocycles. The molecule has 1 saturated heterocycles. The van der Waals surface area contributed by atoms with E-state index in [2.05, 4.69) is 44.1 Å². The number of anilines is 1. The number of aromatic nitrogens is 3. The Morgan fingerprint density at radius 1 is 0.774 bits per heavy atom. The zero-order valence-corrected chi connectivity index (χ0v) is 17.6. The van der Waals surface area contributed by atoms with E-state index in [0.717, 1.165) is 62.6 Å². The van der Waals surface area contributed by atoms with Crippen molar-refractivity contribution in [1.82, 2.24) is 19.4 Å². The molecule has 162 valence electrons. The van der Waals surface area contributed by atoms with Gasteiger partial charge in [-0.1, -0.05) is 24.3 Å². The number of nitrogens with zero attached hydrogens (tertiary/aromatic N) is 5. The topological polar surface area (TPSA) is 77.7 Å². The van der Waals surface area contributed by atoms with E-state index in [9.17, 15) is 10.2 Å². The highest BCUT2D eigenvalue weighted by Crippen LogP contribution is 2.61. The van der Waals surface area contributed by atoms with Crippen LogP contribution in [0.5, 0.6) is 11.8 Å². The summed E-state index contributed by atoms with van der Waals surface area (Å²) in [5.41, 5.74) is 1.93. The lowest BCUT2D eigenvalue weighted by Gasteiger charge is -2.47. The molecule has 0 radical (unpaired) electrons. The van der Waals surface area contributed by atoms with E-state index in [4.69, 9.17) is 0 Å². The Kier molecular flexibility index (Phi) is 4.52. The number of allylic oxidation sites excluding steroid dienone is 4. The second kappa shape index (κ2) is 7.41. The molecule has 2 aromatic rings. The summed E-state index contributed by atoms with van der Waals surface area (Å²) >= 11 is 0. The van der Waals surface area contributed by atoms with Gasteiger partial charge in [0.1, 0.15) is 0 Å². The third kappa shape index (κ3) is 2.97. The largest absolute Gasteiger partial charge is 0.494 e. The maximum atomic E-state index is 10.9. The summed E-state index contributed by atoms with van der Waals surface area (Å²) < 4.78 is 1.74. The molecule has 2 bridgehead atoms. The van der Waals surface area contributed by atoms with Gasteiger partial charge in [-0.2, -0.15) is 0 Å². The fraction of sp³-hybridized carbons (Fsp3) is 0.500. The predicted octanol–water partition coefficient (Wildman–Crippen LogP) is 2.84. The second-order valence-corrected chi connectivity index (χ2v) is 9.19. The van der Waals surface area contributed by atoms with Gasteiger partial charge in [-0.3, -0.25) is 9.47 Å². The maximum Gasteiger partial charge on any atom is 0.225 e. The van der Waals surface area contributed by atoms with Crippen molar-refractivity contribution < 1.29 is 10.2 Å². The smallest absolute Gasteiger partial charge is 0.225 e. The molecule has 5 aliphatic rings. The predicted molar refractivity (Wildman–Crippen MR) is 118 cm³/mol. The van der Waals surface area contributed by atoms with Gasteiger partial charge in [-0.05, 0) is 37.3 Å². The summed E-state index contributed by atoms with van der Waals surface area (Å²) in [6.45, 7) is 5.61. The molecule has 2 aromatic heterocycles. The van der Waals surface area contributed by atoms with Gasteiger partial charge in [-0.25, -0.2) is 9.97 Å². The highest BCUT2D eigenvalue weighted by Gasteiger charge is 2.49.